The number of nitrogens with zero attached hydrogens (tertiary/aromatic N) is 2. The number of nitrogens with one attached hydrogen (secondary N) is 1. The molecule has 35 heavy (non-hydrogen) atoms. The summed E-state index contributed by atoms with van der Waals surface area (Å²) in [6.07, 6.45) is 0.833. The first kappa shape index (κ1) is 26.0. The van der Waals surface area contributed by atoms with Crippen molar-refractivity contribution in [2.24, 2.45) is 0 Å². The Morgan fingerprint density at radius 3 is 2.57 bits per heavy atom. The molecule has 3 rings (SSSR count). The average molecular weight is 484 g/mol. The molecule has 1 aliphatic heterocycles. The first-order valence-corrected chi connectivity index (χ1v) is 11.6. The number of ether oxygens (including phenoxy) is 2. The van der Waals surface area contributed by atoms with Gasteiger partial charge in [0.1, 0.15) is 17.2 Å². The summed E-state index contributed by atoms with van der Waals surface area (Å²) >= 11 is 0. The van der Waals surface area contributed by atoms with Crippen molar-refractivity contribution in [1.29, 1.82) is 0 Å². The van der Waals surface area contributed by atoms with Crippen molar-refractivity contribution in [1.82, 2.24) is 14.8 Å². The van der Waals surface area contributed by atoms with Crippen LogP contribution in [0.15, 0.2) is 29.8 Å². The van der Waals surface area contributed by atoms with E-state index in [2.05, 4.69) is 4.98 Å². The minimum Gasteiger partial charge on any atom is -0.507 e. The molecule has 1 saturated heterocycles. The fraction of sp³-hybridized carbons (Fsp3) is 0.423. The largest absolute Gasteiger partial charge is 0.507 e. The summed E-state index contributed by atoms with van der Waals surface area (Å²) in [6, 6.07) is 6.40. The van der Waals surface area contributed by atoms with Crippen LogP contribution >= 0.6 is 0 Å². The Morgan fingerprint density at radius 1 is 1.23 bits per heavy atom. The Kier molecular flexibility index (Phi) is 8.01. The first-order chi connectivity index (χ1) is 16.6. The Bertz CT molecular complexity index is 1160. The number of aromatic amines is 1. The Balaban J connectivity index is 2.20. The number of ketones is 1. The molecule has 2 N–H and O–H groups in total. The van der Waals surface area contributed by atoms with Crippen LogP contribution in [0, 0.1) is 13.8 Å². The van der Waals surface area contributed by atoms with Gasteiger partial charge in [-0.25, -0.2) is 4.79 Å². The van der Waals surface area contributed by atoms with Gasteiger partial charge in [0, 0.05) is 24.3 Å². The number of H-pyrrole nitrogens is 1. The lowest BCUT2D eigenvalue weighted by Crippen LogP contribution is -2.35. The van der Waals surface area contributed by atoms with Crippen LogP contribution in [0.2, 0.25) is 0 Å². The van der Waals surface area contributed by atoms with Crippen LogP contribution in [0.5, 0.6) is 5.75 Å². The number of benzene rings is 1. The fourth-order valence-electron chi connectivity index (χ4n) is 4.31. The van der Waals surface area contributed by atoms with Crippen LogP contribution < -0.4 is 4.74 Å². The third-order valence-corrected chi connectivity index (χ3v) is 6.04. The lowest BCUT2D eigenvalue weighted by molar-refractivity contribution is -0.140. The molecule has 1 unspecified atom stereocenters. The number of likely N-dealkylation sites (N-methyl/N-ethyl adjacent to an activating group) is 1. The normalized spacial score (nSPS) is 17.3. The van der Waals surface area contributed by atoms with Gasteiger partial charge in [-0.1, -0.05) is 19.1 Å². The van der Waals surface area contributed by atoms with E-state index in [-0.39, 0.29) is 23.6 Å². The smallest absolute Gasteiger partial charge is 0.354 e. The quantitative estimate of drug-likeness (QED) is 0.244. The molecule has 0 bridgehead atoms. The van der Waals surface area contributed by atoms with Crippen LogP contribution in [0.1, 0.15) is 52.3 Å². The highest BCUT2D eigenvalue weighted by atomic mass is 16.5. The second-order valence-electron chi connectivity index (χ2n) is 8.83. The van der Waals surface area contributed by atoms with Gasteiger partial charge in [0.25, 0.3) is 11.7 Å². The van der Waals surface area contributed by atoms with Crippen LogP contribution in [-0.2, 0) is 14.3 Å². The summed E-state index contributed by atoms with van der Waals surface area (Å²) in [4.78, 5) is 44.9. The number of aliphatic hydroxyl groups excluding tert-OH is 1. The molecule has 188 valence electrons. The van der Waals surface area contributed by atoms with Crippen molar-refractivity contribution in [3.8, 4) is 5.75 Å². The number of hydrogen-bond acceptors (Lipinski definition) is 7. The number of aliphatic hydroxyl groups is 1. The van der Waals surface area contributed by atoms with Gasteiger partial charge in [-0.2, -0.15) is 0 Å². The van der Waals surface area contributed by atoms with Crippen LogP contribution in [0.3, 0.4) is 0 Å². The molecule has 0 aliphatic carbocycles. The molecule has 1 aliphatic rings. The molecule has 0 spiro atoms. The van der Waals surface area contributed by atoms with Gasteiger partial charge in [0.05, 0.1) is 25.3 Å². The average Bonchev–Trinajstić information content (AvgIpc) is 3.27. The predicted molar refractivity (Wildman–Crippen MR) is 131 cm³/mol. The molecule has 1 aromatic heterocycles. The van der Waals surface area contributed by atoms with Gasteiger partial charge in [0.15, 0.2) is 0 Å². The van der Waals surface area contributed by atoms with Crippen LogP contribution in [0.25, 0.3) is 5.76 Å². The van der Waals surface area contributed by atoms with E-state index in [1.54, 1.807) is 26.0 Å². The highest BCUT2D eigenvalue weighted by Gasteiger charge is 2.46. The summed E-state index contributed by atoms with van der Waals surface area (Å²) in [5.41, 5.74) is 2.03. The SMILES string of the molecule is CCCOc1cccc(C2C(=C(O)c3c(C)[nH]c(C(=O)OC)c3C)C(=O)C(=O)N2CCN(C)C)c1. The number of esters is 1. The zero-order chi connectivity index (χ0) is 25.9. The van der Waals surface area contributed by atoms with E-state index in [0.717, 1.165) is 6.42 Å². The van der Waals surface area contributed by atoms with Crippen molar-refractivity contribution >= 4 is 23.4 Å². The Hall–Kier alpha value is -3.59. The van der Waals surface area contributed by atoms with E-state index in [9.17, 15) is 19.5 Å². The zero-order valence-electron chi connectivity index (χ0n) is 21.1. The van der Waals surface area contributed by atoms with E-state index in [1.165, 1.54) is 12.0 Å². The number of carbonyl (C=O) groups excluding carboxylic acids is 3. The molecule has 2 heterocycles. The molecule has 0 radical (unpaired) electrons. The fourth-order valence-corrected chi connectivity index (χ4v) is 4.31. The zero-order valence-corrected chi connectivity index (χ0v) is 21.1. The standard InChI is InChI=1S/C26H33N3O6/c1-7-13-35-18-10-8-9-17(14-18)22-20(24(31)25(32)29(22)12-11-28(4)5)23(30)19-15(2)21(26(33)34-6)27-16(19)3/h8-10,14,22,27,30H,7,11-13H2,1-6H3. The lowest BCUT2D eigenvalue weighted by atomic mass is 9.94. The molecule has 0 saturated carbocycles. The van der Waals surface area contributed by atoms with Crippen molar-refractivity contribution in [3.63, 3.8) is 0 Å². The number of carbonyl (C=O) groups is 3. The molecule has 9 nitrogen and oxygen atoms in total. The van der Waals surface area contributed by atoms with Crippen molar-refractivity contribution in [2.45, 2.75) is 33.2 Å². The number of rotatable bonds is 9. The number of aromatic nitrogens is 1. The van der Waals surface area contributed by atoms with Crippen molar-refractivity contribution in [2.75, 3.05) is 40.9 Å². The summed E-state index contributed by atoms with van der Waals surface area (Å²) in [5, 5.41) is 11.4. The number of likely N-dealkylation sites (tertiary alicyclic amines) is 1. The lowest BCUT2D eigenvalue weighted by Gasteiger charge is -2.27. The molecular formula is C26H33N3O6. The topological polar surface area (TPSA) is 112 Å². The third-order valence-electron chi connectivity index (χ3n) is 6.04. The molecule has 1 atom stereocenters. The van der Waals surface area contributed by atoms with Gasteiger partial charge >= 0.3 is 5.97 Å². The second-order valence-corrected chi connectivity index (χ2v) is 8.83. The maximum atomic E-state index is 13.3. The number of Topliss-reactive ketones (excluding diaryl/α,β-unsaturated/α-hetero) is 1. The maximum absolute atomic E-state index is 13.3. The maximum Gasteiger partial charge on any atom is 0.354 e. The van der Waals surface area contributed by atoms with Crippen LogP contribution in [-0.4, -0.2) is 78.5 Å². The number of hydrogen-bond donors (Lipinski definition) is 2. The van der Waals surface area contributed by atoms with Gasteiger partial charge in [-0.3, -0.25) is 9.59 Å². The number of aryl methyl sites for hydroxylation is 1. The minimum absolute atomic E-state index is 0.0250. The van der Waals surface area contributed by atoms with Gasteiger partial charge in [0.2, 0.25) is 0 Å². The van der Waals surface area contributed by atoms with E-state index in [1.807, 2.05) is 38.1 Å². The van der Waals surface area contributed by atoms with E-state index in [4.69, 9.17) is 9.47 Å². The first-order valence-electron chi connectivity index (χ1n) is 11.6. The third kappa shape index (κ3) is 5.09. The molecule has 1 fully saturated rings. The van der Waals surface area contributed by atoms with Gasteiger partial charge < -0.3 is 29.4 Å². The van der Waals surface area contributed by atoms with Crippen LogP contribution in [0.4, 0.5) is 0 Å². The number of methoxy groups -OCH3 is 1. The van der Waals surface area contributed by atoms with Crippen molar-refractivity contribution in [3.05, 3.63) is 57.9 Å². The molecule has 2 aromatic rings. The highest BCUT2D eigenvalue weighted by Crippen LogP contribution is 2.41. The van der Waals surface area contributed by atoms with Gasteiger partial charge in [-0.05, 0) is 57.6 Å². The molecule has 1 aromatic carbocycles. The Labute approximate surface area is 205 Å². The monoisotopic (exact) mass is 483 g/mol. The summed E-state index contributed by atoms with van der Waals surface area (Å²) in [7, 11) is 5.03. The van der Waals surface area contributed by atoms with E-state index in [0.29, 0.717) is 41.3 Å². The second kappa shape index (κ2) is 10.8. The van der Waals surface area contributed by atoms with E-state index < -0.39 is 23.7 Å². The Morgan fingerprint density at radius 2 is 1.94 bits per heavy atom. The van der Waals surface area contributed by atoms with Crippen molar-refractivity contribution < 1.29 is 29.0 Å². The summed E-state index contributed by atoms with van der Waals surface area (Å²) < 4.78 is 10.6. The van der Waals surface area contributed by atoms with Gasteiger partial charge in [-0.15, -0.1) is 0 Å². The summed E-state index contributed by atoms with van der Waals surface area (Å²) in [6.45, 7) is 6.69. The highest BCUT2D eigenvalue weighted by molar-refractivity contribution is 6.46. The predicted octanol–water partition coefficient (Wildman–Crippen LogP) is 3.19. The molecular weight excluding hydrogens is 450 g/mol. The summed E-state index contributed by atoms with van der Waals surface area (Å²) in [5.74, 6) is -1.76. The number of amides is 1. The minimum atomic E-state index is -0.810. The molecule has 9 heteroatoms. The molecule has 1 amide bonds. The van der Waals surface area contributed by atoms with E-state index >= 15 is 0 Å².